The Hall–Kier alpha value is -1.44. The number of benzene rings is 1. The monoisotopic (exact) mass is 301 g/mol. The average Bonchev–Trinajstić information content (AvgIpc) is 2.35. The molecule has 0 aliphatic carbocycles. The number of carbonyl (C=O) groups is 1. The summed E-state index contributed by atoms with van der Waals surface area (Å²) in [4.78, 5) is 11.2. The van der Waals surface area contributed by atoms with Crippen LogP contribution in [0.3, 0.4) is 0 Å². The molecule has 20 heavy (non-hydrogen) atoms. The van der Waals surface area contributed by atoms with Crippen LogP contribution in [0, 0.1) is 0 Å². The summed E-state index contributed by atoms with van der Waals surface area (Å²) in [5.41, 5.74) is -0.207. The molecule has 1 rings (SSSR count). The van der Waals surface area contributed by atoms with Crippen molar-refractivity contribution in [2.75, 3.05) is 13.7 Å². The van der Waals surface area contributed by atoms with Gasteiger partial charge in [0.05, 0.1) is 24.0 Å². The van der Waals surface area contributed by atoms with Gasteiger partial charge in [-0.05, 0) is 31.5 Å². The van der Waals surface area contributed by atoms with Gasteiger partial charge in [0.15, 0.2) is 0 Å². The molecule has 0 aliphatic heterocycles. The lowest BCUT2D eigenvalue weighted by Crippen LogP contribution is -2.38. The van der Waals surface area contributed by atoms with Gasteiger partial charge in [0, 0.05) is 6.54 Å². The van der Waals surface area contributed by atoms with Crippen molar-refractivity contribution in [1.82, 2.24) is 4.72 Å². The molecule has 1 aromatic carbocycles. The van der Waals surface area contributed by atoms with Gasteiger partial charge in [-0.25, -0.2) is 17.9 Å². The van der Waals surface area contributed by atoms with Gasteiger partial charge in [-0.1, -0.05) is 12.1 Å². The molecule has 0 fully saturated rings. The average molecular weight is 301 g/mol. The third-order valence-corrected chi connectivity index (χ3v) is 3.75. The van der Waals surface area contributed by atoms with Crippen LogP contribution < -0.4 is 4.72 Å². The van der Waals surface area contributed by atoms with Gasteiger partial charge in [0.25, 0.3) is 0 Å². The second-order valence-electron chi connectivity index (χ2n) is 5.08. The van der Waals surface area contributed by atoms with Crippen molar-refractivity contribution in [1.29, 1.82) is 0 Å². The first-order valence-corrected chi connectivity index (χ1v) is 7.65. The second kappa shape index (κ2) is 6.34. The lowest BCUT2D eigenvalue weighted by Gasteiger charge is -2.17. The lowest BCUT2D eigenvalue weighted by molar-refractivity contribution is 0.0600. The first kappa shape index (κ1) is 16.6. The third-order valence-electron chi connectivity index (χ3n) is 2.46. The highest BCUT2D eigenvalue weighted by Crippen LogP contribution is 2.09. The highest BCUT2D eigenvalue weighted by Gasteiger charge is 2.18. The zero-order valence-electron chi connectivity index (χ0n) is 11.7. The van der Waals surface area contributed by atoms with Crippen molar-refractivity contribution in [3.63, 3.8) is 0 Å². The Morgan fingerprint density at radius 3 is 2.30 bits per heavy atom. The SMILES string of the molecule is COC(=O)c1ccc(CS(=O)(=O)NCC(C)(C)O)cc1. The molecule has 0 unspecified atom stereocenters. The van der Waals surface area contributed by atoms with E-state index in [1.54, 1.807) is 12.1 Å². The van der Waals surface area contributed by atoms with Crippen LogP contribution in [0.5, 0.6) is 0 Å². The van der Waals surface area contributed by atoms with Crippen LogP contribution in [0.2, 0.25) is 0 Å². The Labute approximate surface area is 118 Å². The minimum absolute atomic E-state index is 0.0599. The van der Waals surface area contributed by atoms with Gasteiger partial charge in [-0.3, -0.25) is 0 Å². The van der Waals surface area contributed by atoms with E-state index in [-0.39, 0.29) is 12.3 Å². The highest BCUT2D eigenvalue weighted by molar-refractivity contribution is 7.88. The predicted octanol–water partition coefficient (Wildman–Crippen LogP) is 0.663. The minimum Gasteiger partial charge on any atom is -0.465 e. The Morgan fingerprint density at radius 2 is 1.85 bits per heavy atom. The van der Waals surface area contributed by atoms with Crippen molar-refractivity contribution in [3.05, 3.63) is 35.4 Å². The van der Waals surface area contributed by atoms with Crippen molar-refractivity contribution < 1.29 is 23.1 Å². The van der Waals surface area contributed by atoms with Crippen LogP contribution >= 0.6 is 0 Å². The van der Waals surface area contributed by atoms with Gasteiger partial charge >= 0.3 is 5.97 Å². The molecular formula is C13H19NO5S. The Balaban J connectivity index is 2.71. The van der Waals surface area contributed by atoms with Crippen LogP contribution in [0.25, 0.3) is 0 Å². The van der Waals surface area contributed by atoms with Crippen LogP contribution in [-0.2, 0) is 20.5 Å². The molecular weight excluding hydrogens is 282 g/mol. The summed E-state index contributed by atoms with van der Waals surface area (Å²) in [6, 6.07) is 6.12. The summed E-state index contributed by atoms with van der Waals surface area (Å²) >= 11 is 0. The topological polar surface area (TPSA) is 92.7 Å². The number of ether oxygens (including phenoxy) is 1. The second-order valence-corrected chi connectivity index (χ2v) is 6.89. The number of rotatable bonds is 6. The van der Waals surface area contributed by atoms with Crippen LogP contribution in [0.15, 0.2) is 24.3 Å². The maximum absolute atomic E-state index is 11.8. The van der Waals surface area contributed by atoms with E-state index < -0.39 is 21.6 Å². The Morgan fingerprint density at radius 1 is 1.30 bits per heavy atom. The van der Waals surface area contributed by atoms with Gasteiger partial charge in [0.2, 0.25) is 10.0 Å². The highest BCUT2D eigenvalue weighted by atomic mass is 32.2. The lowest BCUT2D eigenvalue weighted by atomic mass is 10.1. The zero-order chi connectivity index (χ0) is 15.4. The molecule has 0 heterocycles. The maximum Gasteiger partial charge on any atom is 0.337 e. The largest absolute Gasteiger partial charge is 0.465 e. The molecule has 0 saturated carbocycles. The number of sulfonamides is 1. The fraction of sp³-hybridized carbons (Fsp3) is 0.462. The molecule has 1 aromatic rings. The van der Waals surface area contributed by atoms with E-state index in [9.17, 15) is 18.3 Å². The van der Waals surface area contributed by atoms with Crippen LogP contribution in [-0.4, -0.2) is 38.7 Å². The summed E-state index contributed by atoms with van der Waals surface area (Å²) in [5, 5.41) is 9.49. The van der Waals surface area contributed by atoms with Gasteiger partial charge in [0.1, 0.15) is 0 Å². The molecule has 6 nitrogen and oxygen atoms in total. The van der Waals surface area contributed by atoms with E-state index in [1.165, 1.54) is 33.1 Å². The van der Waals surface area contributed by atoms with E-state index >= 15 is 0 Å². The number of esters is 1. The fourth-order valence-corrected chi connectivity index (χ4v) is 2.72. The predicted molar refractivity (Wildman–Crippen MR) is 74.7 cm³/mol. The number of nitrogens with one attached hydrogen (secondary N) is 1. The summed E-state index contributed by atoms with van der Waals surface area (Å²) in [6.07, 6.45) is 0. The summed E-state index contributed by atoms with van der Waals surface area (Å²) in [5.74, 6) is -0.690. The van der Waals surface area contributed by atoms with Gasteiger partial charge in [-0.15, -0.1) is 0 Å². The van der Waals surface area contributed by atoms with E-state index in [0.29, 0.717) is 11.1 Å². The molecule has 112 valence electrons. The number of hydrogen-bond acceptors (Lipinski definition) is 5. The molecule has 0 spiro atoms. The number of hydrogen-bond donors (Lipinski definition) is 2. The maximum atomic E-state index is 11.8. The van der Waals surface area contributed by atoms with E-state index in [4.69, 9.17) is 0 Å². The molecule has 0 radical (unpaired) electrons. The summed E-state index contributed by atoms with van der Waals surface area (Å²) < 4.78 is 30.5. The molecule has 0 aliphatic rings. The normalized spacial score (nSPS) is 12.2. The summed E-state index contributed by atoms with van der Waals surface area (Å²) in [7, 11) is -2.25. The Kier molecular flexibility index (Phi) is 5.27. The van der Waals surface area contributed by atoms with Crippen molar-refractivity contribution >= 4 is 16.0 Å². The number of carbonyl (C=O) groups excluding carboxylic acids is 1. The molecule has 0 amide bonds. The van der Waals surface area contributed by atoms with Crippen LogP contribution in [0.1, 0.15) is 29.8 Å². The molecule has 2 N–H and O–H groups in total. The van der Waals surface area contributed by atoms with Gasteiger partial charge in [-0.2, -0.15) is 0 Å². The fourth-order valence-electron chi connectivity index (χ4n) is 1.41. The molecule has 7 heteroatoms. The summed E-state index contributed by atoms with van der Waals surface area (Å²) in [6.45, 7) is 2.97. The van der Waals surface area contributed by atoms with E-state index in [0.717, 1.165) is 0 Å². The first-order valence-electron chi connectivity index (χ1n) is 6.00. The zero-order valence-corrected chi connectivity index (χ0v) is 12.5. The van der Waals surface area contributed by atoms with Crippen LogP contribution in [0.4, 0.5) is 0 Å². The van der Waals surface area contributed by atoms with E-state index in [2.05, 4.69) is 9.46 Å². The minimum atomic E-state index is -3.53. The van der Waals surface area contributed by atoms with Crippen molar-refractivity contribution in [2.24, 2.45) is 0 Å². The van der Waals surface area contributed by atoms with E-state index in [1.807, 2.05) is 0 Å². The Bertz CT molecular complexity index is 557. The van der Waals surface area contributed by atoms with Crippen molar-refractivity contribution in [2.45, 2.75) is 25.2 Å². The smallest absolute Gasteiger partial charge is 0.337 e. The molecule has 0 saturated heterocycles. The van der Waals surface area contributed by atoms with Gasteiger partial charge < -0.3 is 9.84 Å². The third kappa shape index (κ3) is 5.68. The number of aliphatic hydroxyl groups is 1. The quantitative estimate of drug-likeness (QED) is 0.753. The molecule has 0 atom stereocenters. The number of methoxy groups -OCH3 is 1. The molecule has 0 bridgehead atoms. The molecule has 0 aromatic heterocycles. The standard InChI is InChI=1S/C13H19NO5S/c1-13(2,16)9-14-20(17,18)8-10-4-6-11(7-5-10)12(15)19-3/h4-7,14,16H,8-9H2,1-3H3. The van der Waals surface area contributed by atoms with Crippen molar-refractivity contribution in [3.8, 4) is 0 Å². The first-order chi connectivity index (χ1) is 9.13.